The van der Waals surface area contributed by atoms with Crippen LogP contribution in [0.25, 0.3) is 0 Å². The van der Waals surface area contributed by atoms with Crippen molar-refractivity contribution in [2.75, 3.05) is 7.11 Å². The second-order valence-electron chi connectivity index (χ2n) is 4.93. The number of rotatable bonds is 5. The maximum atomic E-state index is 11.4. The average Bonchev–Trinajstić information content (AvgIpc) is 2.57. The van der Waals surface area contributed by atoms with Gasteiger partial charge in [0.05, 0.1) is 11.6 Å². The third kappa shape index (κ3) is 4.59. The summed E-state index contributed by atoms with van der Waals surface area (Å²) in [6.45, 7) is 2.11. The Kier molecular flexibility index (Phi) is 6.83. The van der Waals surface area contributed by atoms with Crippen LogP contribution in [-0.4, -0.2) is 13.3 Å². The van der Waals surface area contributed by atoms with Gasteiger partial charge in [0.25, 0.3) is 0 Å². The molecule has 4 nitrogen and oxygen atoms in total. The Hall–Kier alpha value is -1.37. The normalized spacial score (nSPS) is 10.4. The fraction of sp³-hybridized carbons (Fsp3) is 0.235. The molecule has 0 amide bonds. The highest BCUT2D eigenvalue weighted by molar-refractivity contribution is 9.10. The Bertz CT molecular complexity index is 752. The molecule has 128 valence electrons. The summed E-state index contributed by atoms with van der Waals surface area (Å²) in [6.07, 6.45) is -0.785. The van der Waals surface area contributed by atoms with Crippen molar-refractivity contribution in [2.24, 2.45) is 0 Å². The number of thiol groups is 1. The lowest BCUT2D eigenvalue weighted by Gasteiger charge is -2.15. The van der Waals surface area contributed by atoms with Crippen molar-refractivity contribution in [3.63, 3.8) is 0 Å². The van der Waals surface area contributed by atoms with Crippen molar-refractivity contribution >= 4 is 46.3 Å². The minimum absolute atomic E-state index is 0.195. The zero-order valence-electron chi connectivity index (χ0n) is 13.1. The molecule has 2 aromatic carbocycles. The highest BCUT2D eigenvalue weighted by Crippen LogP contribution is 2.33. The van der Waals surface area contributed by atoms with Gasteiger partial charge in [0.15, 0.2) is 0 Å². The first-order valence-corrected chi connectivity index (χ1v) is 8.82. The SMILES string of the molecule is COC(=O)Oc1cccc(CS)c1COc1cc(Cl)c(C)cc1Br. The lowest BCUT2D eigenvalue weighted by molar-refractivity contribution is 0.120. The molecular formula is C17H16BrClO4S. The number of carbonyl (C=O) groups is 1. The molecule has 0 fully saturated rings. The highest BCUT2D eigenvalue weighted by atomic mass is 79.9. The van der Waals surface area contributed by atoms with E-state index in [1.54, 1.807) is 18.2 Å². The van der Waals surface area contributed by atoms with Gasteiger partial charge in [-0.1, -0.05) is 23.7 Å². The quantitative estimate of drug-likeness (QED) is 0.382. The zero-order chi connectivity index (χ0) is 17.7. The van der Waals surface area contributed by atoms with Crippen molar-refractivity contribution < 1.29 is 19.0 Å². The molecule has 0 aromatic heterocycles. The fourth-order valence-corrected chi connectivity index (χ4v) is 3.06. The molecule has 24 heavy (non-hydrogen) atoms. The van der Waals surface area contributed by atoms with Crippen LogP contribution in [0.3, 0.4) is 0 Å². The van der Waals surface area contributed by atoms with Crippen molar-refractivity contribution in [2.45, 2.75) is 19.3 Å². The van der Waals surface area contributed by atoms with Crippen LogP contribution in [0.1, 0.15) is 16.7 Å². The summed E-state index contributed by atoms with van der Waals surface area (Å²) >= 11 is 13.9. The van der Waals surface area contributed by atoms with Crippen molar-refractivity contribution in [3.05, 3.63) is 56.5 Å². The molecule has 0 unspecified atom stereocenters. The van der Waals surface area contributed by atoms with Gasteiger partial charge in [-0.3, -0.25) is 0 Å². The van der Waals surface area contributed by atoms with E-state index in [2.05, 4.69) is 33.3 Å². The maximum Gasteiger partial charge on any atom is 0.513 e. The third-order valence-corrected chi connectivity index (χ3v) is 4.71. The van der Waals surface area contributed by atoms with Crippen LogP contribution < -0.4 is 9.47 Å². The van der Waals surface area contributed by atoms with Crippen molar-refractivity contribution in [1.29, 1.82) is 0 Å². The monoisotopic (exact) mass is 430 g/mol. The molecule has 2 rings (SSSR count). The second kappa shape index (κ2) is 8.65. The Morgan fingerprint density at radius 2 is 2.04 bits per heavy atom. The molecule has 7 heteroatoms. The van der Waals surface area contributed by atoms with E-state index >= 15 is 0 Å². The first-order valence-electron chi connectivity index (χ1n) is 7.02. The standard InChI is InChI=1S/C17H16BrClO4S/c1-10-6-13(18)16(7-14(10)19)22-8-12-11(9-24)4-3-5-15(12)23-17(20)21-2/h3-7,24H,8-9H2,1-2H3. The Morgan fingerprint density at radius 1 is 1.29 bits per heavy atom. The van der Waals surface area contributed by atoms with Gasteiger partial charge in [-0.15, -0.1) is 0 Å². The fourth-order valence-electron chi connectivity index (χ4n) is 2.04. The van der Waals surface area contributed by atoms with E-state index in [4.69, 9.17) is 21.1 Å². The molecular weight excluding hydrogens is 416 g/mol. The van der Waals surface area contributed by atoms with Gasteiger partial charge in [0.2, 0.25) is 0 Å². The van der Waals surface area contributed by atoms with Gasteiger partial charge < -0.3 is 14.2 Å². The zero-order valence-corrected chi connectivity index (χ0v) is 16.4. The summed E-state index contributed by atoms with van der Waals surface area (Å²) in [5, 5.41) is 0.613. The molecule has 0 aliphatic heterocycles. The summed E-state index contributed by atoms with van der Waals surface area (Å²) in [5.74, 6) is 1.46. The number of carbonyl (C=O) groups excluding carboxylic acids is 1. The summed E-state index contributed by atoms with van der Waals surface area (Å²) in [6, 6.07) is 8.98. The predicted octanol–water partition coefficient (Wildman–Crippen LogP) is 5.56. The van der Waals surface area contributed by atoms with Gasteiger partial charge in [-0.25, -0.2) is 4.79 Å². The number of aryl methyl sites for hydroxylation is 1. The van der Waals surface area contributed by atoms with Crippen LogP contribution in [0.5, 0.6) is 11.5 Å². The third-order valence-electron chi connectivity index (χ3n) is 3.35. The van der Waals surface area contributed by atoms with E-state index in [9.17, 15) is 4.79 Å². The van der Waals surface area contributed by atoms with Crippen LogP contribution in [0.15, 0.2) is 34.8 Å². The summed E-state index contributed by atoms with van der Waals surface area (Å²) in [7, 11) is 1.26. The maximum absolute atomic E-state index is 11.4. The van der Waals surface area contributed by atoms with Crippen LogP contribution >= 0.6 is 40.2 Å². The second-order valence-corrected chi connectivity index (χ2v) is 6.51. The lowest BCUT2D eigenvalue weighted by Crippen LogP contribution is -2.11. The van der Waals surface area contributed by atoms with Crippen LogP contribution in [0.4, 0.5) is 4.79 Å². The molecule has 0 saturated carbocycles. The predicted molar refractivity (Wildman–Crippen MR) is 100 cm³/mol. The topological polar surface area (TPSA) is 44.8 Å². The van der Waals surface area contributed by atoms with E-state index in [0.29, 0.717) is 22.3 Å². The van der Waals surface area contributed by atoms with E-state index in [1.165, 1.54) is 7.11 Å². The number of hydrogen-bond donors (Lipinski definition) is 1. The molecule has 0 spiro atoms. The smallest absolute Gasteiger partial charge is 0.488 e. The van der Waals surface area contributed by atoms with E-state index < -0.39 is 6.16 Å². The first kappa shape index (κ1) is 19.0. The molecule has 0 aliphatic rings. The van der Waals surface area contributed by atoms with Crippen molar-refractivity contribution in [3.8, 4) is 11.5 Å². The van der Waals surface area contributed by atoms with E-state index in [0.717, 1.165) is 21.2 Å². The van der Waals surface area contributed by atoms with Gasteiger partial charge in [-0.05, 0) is 46.1 Å². The van der Waals surface area contributed by atoms with Crippen LogP contribution in [0.2, 0.25) is 5.02 Å². The number of ether oxygens (including phenoxy) is 3. The molecule has 0 heterocycles. The lowest BCUT2D eigenvalue weighted by atomic mass is 10.1. The van der Waals surface area contributed by atoms with Crippen LogP contribution in [-0.2, 0) is 17.1 Å². The summed E-state index contributed by atoms with van der Waals surface area (Å²) in [4.78, 5) is 11.4. The number of methoxy groups -OCH3 is 1. The number of halogens is 2. The van der Waals surface area contributed by atoms with Gasteiger partial charge in [-0.2, -0.15) is 12.6 Å². The molecule has 0 radical (unpaired) electrons. The van der Waals surface area contributed by atoms with Gasteiger partial charge in [0.1, 0.15) is 18.1 Å². The van der Waals surface area contributed by atoms with Gasteiger partial charge in [0, 0.05) is 22.4 Å². The molecule has 0 bridgehead atoms. The Labute approximate surface area is 159 Å². The molecule has 2 aromatic rings. The van der Waals surface area contributed by atoms with Gasteiger partial charge >= 0.3 is 6.16 Å². The molecule has 0 atom stereocenters. The van der Waals surface area contributed by atoms with E-state index in [1.807, 2.05) is 19.1 Å². The van der Waals surface area contributed by atoms with Crippen LogP contribution in [0, 0.1) is 6.92 Å². The summed E-state index contributed by atoms with van der Waals surface area (Å²) < 4.78 is 16.4. The van der Waals surface area contributed by atoms with Crippen molar-refractivity contribution in [1.82, 2.24) is 0 Å². The molecule has 0 N–H and O–H groups in total. The summed E-state index contributed by atoms with van der Waals surface area (Å²) in [5.41, 5.74) is 2.57. The molecule has 0 saturated heterocycles. The highest BCUT2D eigenvalue weighted by Gasteiger charge is 2.14. The minimum atomic E-state index is -0.785. The Morgan fingerprint density at radius 3 is 2.71 bits per heavy atom. The average molecular weight is 432 g/mol. The van der Waals surface area contributed by atoms with E-state index in [-0.39, 0.29) is 6.61 Å². The minimum Gasteiger partial charge on any atom is -0.488 e. The first-order chi connectivity index (χ1) is 11.5. The Balaban J connectivity index is 2.28. The number of benzene rings is 2. The largest absolute Gasteiger partial charge is 0.513 e. The molecule has 0 aliphatic carbocycles. The number of hydrogen-bond acceptors (Lipinski definition) is 5.